The molecule has 0 heterocycles. The highest BCUT2D eigenvalue weighted by atomic mass is 35.5. The molecule has 0 aromatic heterocycles. The van der Waals surface area contributed by atoms with Crippen molar-refractivity contribution in [1.29, 1.82) is 0 Å². The third-order valence-electron chi connectivity index (χ3n) is 2.54. The average molecular weight is 242 g/mol. The highest BCUT2D eigenvalue weighted by Gasteiger charge is 2.12. The highest BCUT2D eigenvalue weighted by Crippen LogP contribution is 2.18. The van der Waals surface area contributed by atoms with Crippen LogP contribution in [0.15, 0.2) is 24.3 Å². The monoisotopic (exact) mass is 241 g/mol. The molecule has 0 aliphatic rings. The van der Waals surface area contributed by atoms with Gasteiger partial charge in [0.2, 0.25) is 0 Å². The van der Waals surface area contributed by atoms with Crippen molar-refractivity contribution in [3.63, 3.8) is 0 Å². The molecule has 0 radical (unpaired) electrons. The molecule has 0 aliphatic heterocycles. The van der Waals surface area contributed by atoms with E-state index in [9.17, 15) is 0 Å². The van der Waals surface area contributed by atoms with Crippen molar-refractivity contribution >= 4 is 11.6 Å². The van der Waals surface area contributed by atoms with Gasteiger partial charge in [0.05, 0.1) is 0 Å². The maximum atomic E-state index is 5.90. The Bertz CT molecular complexity index is 317. The molecule has 1 aromatic rings. The van der Waals surface area contributed by atoms with Gasteiger partial charge in [0.15, 0.2) is 0 Å². The normalized spacial score (nSPS) is 14.5. The number of halogens is 1. The number of benzene rings is 1. The van der Waals surface area contributed by atoms with Gasteiger partial charge in [-0.2, -0.15) is 0 Å². The Morgan fingerprint density at radius 1 is 1.38 bits per heavy atom. The van der Waals surface area contributed by atoms with Crippen LogP contribution in [0.2, 0.25) is 5.02 Å². The molecular formula is C13H20ClNO. The van der Waals surface area contributed by atoms with Crippen LogP contribution in [0.25, 0.3) is 0 Å². The second-order valence-corrected chi connectivity index (χ2v) is 4.46. The van der Waals surface area contributed by atoms with Gasteiger partial charge in [-0.3, -0.25) is 0 Å². The van der Waals surface area contributed by atoms with E-state index in [2.05, 4.69) is 26.1 Å². The van der Waals surface area contributed by atoms with Crippen LogP contribution in [0, 0.1) is 0 Å². The van der Waals surface area contributed by atoms with Crippen LogP contribution < -0.4 is 10.1 Å². The molecule has 0 saturated heterocycles. The van der Waals surface area contributed by atoms with Gasteiger partial charge in [-0.05, 0) is 45.0 Å². The van der Waals surface area contributed by atoms with Gasteiger partial charge in [-0.15, -0.1) is 0 Å². The maximum Gasteiger partial charge on any atom is 0.121 e. The van der Waals surface area contributed by atoms with Gasteiger partial charge < -0.3 is 10.1 Å². The Hall–Kier alpha value is -0.730. The number of hydrogen-bond donors (Lipinski definition) is 1. The van der Waals surface area contributed by atoms with E-state index >= 15 is 0 Å². The van der Waals surface area contributed by atoms with E-state index in [1.165, 1.54) is 0 Å². The quantitative estimate of drug-likeness (QED) is 0.823. The fourth-order valence-corrected chi connectivity index (χ4v) is 1.58. The molecule has 0 spiro atoms. The van der Waals surface area contributed by atoms with Crippen molar-refractivity contribution in [3.05, 3.63) is 29.3 Å². The van der Waals surface area contributed by atoms with E-state index in [4.69, 9.17) is 16.3 Å². The Morgan fingerprint density at radius 3 is 2.75 bits per heavy atom. The van der Waals surface area contributed by atoms with Crippen molar-refractivity contribution < 1.29 is 4.74 Å². The van der Waals surface area contributed by atoms with E-state index < -0.39 is 0 Å². The Kier molecular flexibility index (Phi) is 5.64. The number of ether oxygens (including phenoxy) is 1. The number of hydrogen-bond acceptors (Lipinski definition) is 2. The molecule has 1 rings (SSSR count). The molecule has 1 N–H and O–H groups in total. The standard InChI is InChI=1S/C13H20ClNO/c1-4-8-15-10(2)11(3)16-13-7-5-6-12(14)9-13/h5-7,9-11,15H,4,8H2,1-3H3. The first kappa shape index (κ1) is 13.3. The molecule has 0 bridgehead atoms. The first-order chi connectivity index (χ1) is 7.63. The van der Waals surface area contributed by atoms with E-state index in [1.54, 1.807) is 0 Å². The van der Waals surface area contributed by atoms with Crippen molar-refractivity contribution in [2.75, 3.05) is 6.54 Å². The number of rotatable bonds is 6. The molecule has 16 heavy (non-hydrogen) atoms. The lowest BCUT2D eigenvalue weighted by molar-refractivity contribution is 0.178. The summed E-state index contributed by atoms with van der Waals surface area (Å²) in [5, 5.41) is 4.12. The lowest BCUT2D eigenvalue weighted by Gasteiger charge is -2.22. The maximum absolute atomic E-state index is 5.90. The SMILES string of the molecule is CCCNC(C)C(C)Oc1cccc(Cl)c1. The van der Waals surface area contributed by atoms with Crippen LogP contribution in [-0.4, -0.2) is 18.7 Å². The summed E-state index contributed by atoms with van der Waals surface area (Å²) in [7, 11) is 0. The smallest absolute Gasteiger partial charge is 0.121 e. The van der Waals surface area contributed by atoms with Gasteiger partial charge in [0, 0.05) is 11.1 Å². The third kappa shape index (κ3) is 4.42. The molecule has 1 aromatic carbocycles. The predicted octanol–water partition coefficient (Wildman–Crippen LogP) is 3.50. The van der Waals surface area contributed by atoms with E-state index in [1.807, 2.05) is 24.3 Å². The van der Waals surface area contributed by atoms with E-state index in [0.29, 0.717) is 11.1 Å². The minimum Gasteiger partial charge on any atom is -0.489 e. The zero-order valence-electron chi connectivity index (χ0n) is 10.2. The lowest BCUT2D eigenvalue weighted by atomic mass is 10.2. The van der Waals surface area contributed by atoms with Gasteiger partial charge in [0.25, 0.3) is 0 Å². The average Bonchev–Trinajstić information content (AvgIpc) is 2.25. The molecule has 2 nitrogen and oxygen atoms in total. The fourth-order valence-electron chi connectivity index (χ4n) is 1.39. The lowest BCUT2D eigenvalue weighted by Crippen LogP contribution is -2.39. The highest BCUT2D eigenvalue weighted by molar-refractivity contribution is 6.30. The van der Waals surface area contributed by atoms with Gasteiger partial charge >= 0.3 is 0 Å². The summed E-state index contributed by atoms with van der Waals surface area (Å²) >= 11 is 5.90. The molecule has 0 saturated carbocycles. The van der Waals surface area contributed by atoms with Crippen molar-refractivity contribution in [3.8, 4) is 5.75 Å². The zero-order valence-corrected chi connectivity index (χ0v) is 10.9. The predicted molar refractivity (Wildman–Crippen MR) is 69.3 cm³/mol. The van der Waals surface area contributed by atoms with Crippen LogP contribution in [0.5, 0.6) is 5.75 Å². The Balaban J connectivity index is 2.47. The van der Waals surface area contributed by atoms with Crippen molar-refractivity contribution in [1.82, 2.24) is 5.32 Å². The molecule has 3 heteroatoms. The summed E-state index contributed by atoms with van der Waals surface area (Å²) in [6, 6.07) is 7.84. The van der Waals surface area contributed by atoms with Gasteiger partial charge in [-0.25, -0.2) is 0 Å². The largest absolute Gasteiger partial charge is 0.489 e. The summed E-state index contributed by atoms with van der Waals surface area (Å²) in [6.07, 6.45) is 1.26. The molecule has 2 unspecified atom stereocenters. The summed E-state index contributed by atoms with van der Waals surface area (Å²) in [6.45, 7) is 7.37. The molecule has 90 valence electrons. The van der Waals surface area contributed by atoms with Crippen LogP contribution in [-0.2, 0) is 0 Å². The summed E-state index contributed by atoms with van der Waals surface area (Å²) in [4.78, 5) is 0. The Morgan fingerprint density at radius 2 is 2.12 bits per heavy atom. The first-order valence-corrected chi connectivity index (χ1v) is 6.17. The topological polar surface area (TPSA) is 21.3 Å². The molecule has 0 amide bonds. The summed E-state index contributed by atoms with van der Waals surface area (Å²) in [5.41, 5.74) is 0. The van der Waals surface area contributed by atoms with Crippen LogP contribution in [0.3, 0.4) is 0 Å². The minimum atomic E-state index is 0.130. The molecule has 0 aliphatic carbocycles. The van der Waals surface area contributed by atoms with Crippen LogP contribution in [0.4, 0.5) is 0 Å². The van der Waals surface area contributed by atoms with Crippen molar-refractivity contribution in [2.24, 2.45) is 0 Å². The van der Waals surface area contributed by atoms with Crippen LogP contribution in [0.1, 0.15) is 27.2 Å². The van der Waals surface area contributed by atoms with E-state index in [-0.39, 0.29) is 6.10 Å². The summed E-state index contributed by atoms with van der Waals surface area (Å²) < 4.78 is 5.81. The molecular weight excluding hydrogens is 222 g/mol. The first-order valence-electron chi connectivity index (χ1n) is 5.79. The molecule has 0 fully saturated rings. The van der Waals surface area contributed by atoms with Crippen LogP contribution >= 0.6 is 11.6 Å². The zero-order chi connectivity index (χ0) is 12.0. The summed E-state index contributed by atoms with van der Waals surface area (Å²) in [5.74, 6) is 0.824. The second kappa shape index (κ2) is 6.77. The third-order valence-corrected chi connectivity index (χ3v) is 2.77. The Labute approximate surface area is 103 Å². The fraction of sp³-hybridized carbons (Fsp3) is 0.538. The minimum absolute atomic E-state index is 0.130. The van der Waals surface area contributed by atoms with E-state index in [0.717, 1.165) is 18.7 Å². The molecule has 2 atom stereocenters. The van der Waals surface area contributed by atoms with Gasteiger partial charge in [-0.1, -0.05) is 24.6 Å². The number of nitrogens with one attached hydrogen (secondary N) is 1. The second-order valence-electron chi connectivity index (χ2n) is 4.02. The van der Waals surface area contributed by atoms with Crippen molar-refractivity contribution in [2.45, 2.75) is 39.3 Å². The van der Waals surface area contributed by atoms with Gasteiger partial charge in [0.1, 0.15) is 11.9 Å².